The fourth-order valence-corrected chi connectivity index (χ4v) is 3.56. The fraction of sp³-hybridized carbons (Fsp3) is 0.600. The van der Waals surface area contributed by atoms with Gasteiger partial charge in [0.2, 0.25) is 0 Å². The first kappa shape index (κ1) is 15.4. The molecule has 18 heavy (non-hydrogen) atoms. The van der Waals surface area contributed by atoms with E-state index in [4.69, 9.17) is 8.85 Å². The van der Waals surface area contributed by atoms with Gasteiger partial charge in [0.25, 0.3) is 0 Å². The molecule has 2 nitrogen and oxygen atoms in total. The zero-order valence-corrected chi connectivity index (χ0v) is 13.0. The lowest BCUT2D eigenvalue weighted by molar-refractivity contribution is 0.129. The molecular formula is C15H25O2Si. The molecule has 0 spiro atoms. The molecule has 0 aliphatic heterocycles. The van der Waals surface area contributed by atoms with Crippen LogP contribution < -0.4 is 0 Å². The van der Waals surface area contributed by atoms with Gasteiger partial charge in [0.15, 0.2) is 0 Å². The molecule has 0 aliphatic carbocycles. The Bertz CT molecular complexity index is 302. The Balaban J connectivity index is 2.32. The van der Waals surface area contributed by atoms with Gasteiger partial charge < -0.3 is 8.85 Å². The second kappa shape index (κ2) is 8.46. The summed E-state index contributed by atoms with van der Waals surface area (Å²) in [7, 11) is -1.11. The van der Waals surface area contributed by atoms with Crippen LogP contribution in [0.25, 0.3) is 0 Å². The zero-order valence-electron chi connectivity index (χ0n) is 12.0. The lowest BCUT2D eigenvalue weighted by atomic mass is 10.1. The highest BCUT2D eigenvalue weighted by Gasteiger charge is 2.18. The first-order valence-electron chi connectivity index (χ1n) is 6.81. The van der Waals surface area contributed by atoms with Crippen LogP contribution in [0.15, 0.2) is 30.3 Å². The van der Waals surface area contributed by atoms with Crippen LogP contribution in [0.2, 0.25) is 6.04 Å². The van der Waals surface area contributed by atoms with Crippen molar-refractivity contribution in [2.45, 2.75) is 58.8 Å². The largest absolute Gasteiger partial charge is 0.391 e. The van der Waals surface area contributed by atoms with Crippen LogP contribution in [0.1, 0.15) is 39.7 Å². The smallest absolute Gasteiger partial charge is 0.385 e. The summed E-state index contributed by atoms with van der Waals surface area (Å²) in [5.41, 5.74) is 1.40. The van der Waals surface area contributed by atoms with Gasteiger partial charge in [-0.25, -0.2) is 0 Å². The molecule has 1 radical (unpaired) electrons. The fourth-order valence-electron chi connectivity index (χ4n) is 1.75. The molecule has 0 fully saturated rings. The van der Waals surface area contributed by atoms with E-state index in [1.165, 1.54) is 5.56 Å². The van der Waals surface area contributed by atoms with E-state index < -0.39 is 9.28 Å². The molecule has 1 rings (SSSR count). The summed E-state index contributed by atoms with van der Waals surface area (Å²) in [6.07, 6.45) is 2.76. The third kappa shape index (κ3) is 6.94. The molecule has 0 bridgehead atoms. The molecule has 1 aromatic rings. The molecule has 0 saturated carbocycles. The van der Waals surface area contributed by atoms with Gasteiger partial charge in [-0.2, -0.15) is 0 Å². The van der Waals surface area contributed by atoms with Crippen molar-refractivity contribution in [3.63, 3.8) is 0 Å². The second-order valence-corrected chi connectivity index (χ2v) is 6.76. The van der Waals surface area contributed by atoms with E-state index in [1.54, 1.807) is 0 Å². The van der Waals surface area contributed by atoms with E-state index in [0.29, 0.717) is 0 Å². The van der Waals surface area contributed by atoms with Crippen molar-refractivity contribution in [3.8, 4) is 0 Å². The Morgan fingerprint density at radius 1 is 0.944 bits per heavy atom. The van der Waals surface area contributed by atoms with E-state index in [0.717, 1.165) is 18.9 Å². The molecular weight excluding hydrogens is 240 g/mol. The predicted molar refractivity (Wildman–Crippen MR) is 77.8 cm³/mol. The summed E-state index contributed by atoms with van der Waals surface area (Å²) in [4.78, 5) is 0. The molecule has 3 heteroatoms. The molecule has 0 N–H and O–H groups in total. The van der Waals surface area contributed by atoms with Crippen molar-refractivity contribution in [2.24, 2.45) is 0 Å². The summed E-state index contributed by atoms with van der Waals surface area (Å²) in [5, 5.41) is 0. The van der Waals surface area contributed by atoms with Gasteiger partial charge in [0.1, 0.15) is 0 Å². The van der Waals surface area contributed by atoms with Crippen molar-refractivity contribution < 1.29 is 8.85 Å². The van der Waals surface area contributed by atoms with Crippen LogP contribution >= 0.6 is 0 Å². The molecule has 0 aliphatic rings. The average Bonchev–Trinajstić information content (AvgIpc) is 2.28. The normalized spacial score (nSPS) is 11.7. The summed E-state index contributed by atoms with van der Waals surface area (Å²) < 4.78 is 11.8. The van der Waals surface area contributed by atoms with Crippen LogP contribution in [0.3, 0.4) is 0 Å². The van der Waals surface area contributed by atoms with Gasteiger partial charge in [0, 0.05) is 12.2 Å². The minimum atomic E-state index is -1.11. The third-order valence-corrected chi connectivity index (χ3v) is 4.65. The van der Waals surface area contributed by atoms with Gasteiger partial charge in [-0.05, 0) is 52.1 Å². The molecule has 1 aromatic carbocycles. The van der Waals surface area contributed by atoms with E-state index in [2.05, 4.69) is 58.0 Å². The van der Waals surface area contributed by atoms with Gasteiger partial charge in [-0.1, -0.05) is 30.3 Å². The quantitative estimate of drug-likeness (QED) is 0.662. The van der Waals surface area contributed by atoms with E-state index in [1.807, 2.05) is 0 Å². The lowest BCUT2D eigenvalue weighted by Gasteiger charge is -2.20. The Hall–Kier alpha value is -0.643. The molecule has 0 unspecified atom stereocenters. The van der Waals surface area contributed by atoms with Crippen molar-refractivity contribution in [1.82, 2.24) is 0 Å². The standard InChI is InChI=1S/C15H25O2Si/c1-13(2)16-18(17-14(3)4)12-8-11-15-9-6-5-7-10-15/h5-7,9-10,13-14H,8,11-12H2,1-4H3. The first-order valence-corrected chi connectivity index (χ1v) is 8.33. The molecule has 0 atom stereocenters. The van der Waals surface area contributed by atoms with E-state index in [9.17, 15) is 0 Å². The predicted octanol–water partition coefficient (Wildman–Crippen LogP) is 3.96. The summed E-state index contributed by atoms with van der Waals surface area (Å²) >= 11 is 0. The van der Waals surface area contributed by atoms with Gasteiger partial charge in [0.05, 0.1) is 0 Å². The third-order valence-electron chi connectivity index (χ3n) is 2.42. The van der Waals surface area contributed by atoms with E-state index in [-0.39, 0.29) is 12.2 Å². The first-order chi connectivity index (χ1) is 8.58. The molecule has 101 valence electrons. The molecule has 0 saturated heterocycles. The highest BCUT2D eigenvalue weighted by atomic mass is 28.3. The average molecular weight is 265 g/mol. The Morgan fingerprint density at radius 2 is 1.50 bits per heavy atom. The summed E-state index contributed by atoms with van der Waals surface area (Å²) in [6.45, 7) is 8.30. The maximum atomic E-state index is 5.88. The van der Waals surface area contributed by atoms with Crippen molar-refractivity contribution in [1.29, 1.82) is 0 Å². The Labute approximate surface area is 113 Å². The maximum absolute atomic E-state index is 5.88. The highest BCUT2D eigenvalue weighted by Crippen LogP contribution is 2.11. The summed E-state index contributed by atoms with van der Waals surface area (Å²) in [6, 6.07) is 11.7. The van der Waals surface area contributed by atoms with Gasteiger partial charge in [-0.3, -0.25) is 0 Å². The van der Waals surface area contributed by atoms with Crippen molar-refractivity contribution >= 4 is 9.28 Å². The van der Waals surface area contributed by atoms with Crippen LogP contribution in [0.5, 0.6) is 0 Å². The lowest BCUT2D eigenvalue weighted by Crippen LogP contribution is -2.29. The Morgan fingerprint density at radius 3 is 2.00 bits per heavy atom. The summed E-state index contributed by atoms with van der Waals surface area (Å²) in [5.74, 6) is 0. The van der Waals surface area contributed by atoms with Gasteiger partial charge in [-0.15, -0.1) is 0 Å². The number of hydrogen-bond donors (Lipinski definition) is 0. The number of hydrogen-bond acceptors (Lipinski definition) is 2. The monoisotopic (exact) mass is 265 g/mol. The number of rotatable bonds is 8. The number of aryl methyl sites for hydroxylation is 1. The Kier molecular flexibility index (Phi) is 7.24. The van der Waals surface area contributed by atoms with Gasteiger partial charge >= 0.3 is 9.28 Å². The van der Waals surface area contributed by atoms with Crippen LogP contribution in [-0.2, 0) is 15.3 Å². The van der Waals surface area contributed by atoms with Crippen LogP contribution in [0.4, 0.5) is 0 Å². The van der Waals surface area contributed by atoms with Crippen molar-refractivity contribution in [2.75, 3.05) is 0 Å². The molecule has 0 heterocycles. The second-order valence-electron chi connectivity index (χ2n) is 5.04. The molecule has 0 amide bonds. The molecule has 0 aromatic heterocycles. The maximum Gasteiger partial charge on any atom is 0.385 e. The topological polar surface area (TPSA) is 18.5 Å². The van der Waals surface area contributed by atoms with E-state index >= 15 is 0 Å². The van der Waals surface area contributed by atoms with Crippen molar-refractivity contribution in [3.05, 3.63) is 35.9 Å². The highest BCUT2D eigenvalue weighted by molar-refractivity contribution is 6.44. The van der Waals surface area contributed by atoms with Crippen LogP contribution in [-0.4, -0.2) is 21.5 Å². The zero-order chi connectivity index (χ0) is 13.4. The minimum Gasteiger partial charge on any atom is -0.391 e. The van der Waals surface area contributed by atoms with Crippen LogP contribution in [0, 0.1) is 0 Å². The minimum absolute atomic E-state index is 0.259. The SMILES string of the molecule is CC(C)O[Si](CCCc1ccccc1)OC(C)C. The number of benzene rings is 1.